The largest absolute Gasteiger partial charge is 0.337 e. The Morgan fingerprint density at radius 2 is 1.62 bits per heavy atom. The second-order valence-electron chi connectivity index (χ2n) is 10.1. The van der Waals surface area contributed by atoms with E-state index in [0.29, 0.717) is 22.5 Å². The molecule has 40 heavy (non-hydrogen) atoms. The number of para-hydroxylation sites is 2. The quantitative estimate of drug-likeness (QED) is 0.254. The first-order chi connectivity index (χ1) is 19.5. The van der Waals surface area contributed by atoms with Gasteiger partial charge in [0.25, 0.3) is 0 Å². The molecule has 196 valence electrons. The van der Waals surface area contributed by atoms with Gasteiger partial charge in [-0.05, 0) is 86.0 Å². The van der Waals surface area contributed by atoms with Crippen molar-refractivity contribution >= 4 is 46.2 Å². The van der Waals surface area contributed by atoms with Crippen LogP contribution in [0.25, 0.3) is 5.82 Å². The summed E-state index contributed by atoms with van der Waals surface area (Å²) in [6.07, 6.45) is 1.77. The lowest BCUT2D eigenvalue weighted by Crippen LogP contribution is -2.46. The fraction of sp³-hybridized carbons (Fsp3) is 0.125. The van der Waals surface area contributed by atoms with Gasteiger partial charge in [-0.25, -0.2) is 15.0 Å². The highest BCUT2D eigenvalue weighted by atomic mass is 35.5. The molecule has 0 saturated carbocycles. The highest BCUT2D eigenvalue weighted by Gasteiger charge is 2.41. The third kappa shape index (κ3) is 3.98. The number of halogens is 1. The molecule has 1 atom stereocenters. The molecule has 1 N–H and O–H groups in total. The highest BCUT2D eigenvalue weighted by Crippen LogP contribution is 2.48. The first-order valence-corrected chi connectivity index (χ1v) is 13.5. The molecule has 2 aliphatic rings. The molecule has 7 rings (SSSR count). The van der Waals surface area contributed by atoms with E-state index in [4.69, 9.17) is 26.7 Å². The van der Waals surface area contributed by atoms with Crippen LogP contribution in [0.4, 0.5) is 22.9 Å². The Balaban J connectivity index is 1.49. The normalized spacial score (nSPS) is 15.5. The topological polar surface area (TPSA) is 70.7 Å². The van der Waals surface area contributed by atoms with Crippen LogP contribution in [0.5, 0.6) is 0 Å². The highest BCUT2D eigenvalue weighted by molar-refractivity contribution is 6.51. The minimum absolute atomic E-state index is 0.217. The standard InChI is InChI=1S/C32H26ClN7/c1-19-11-16-24(18-20(19)2)35-30-32-37-31-28(21(3)38-40(31)27-10-6-7-17-34-27)29(22-12-14-23(33)15-13-22)39(32)26-9-5-4-8-25(26)36-30/h4-18,29H,1-3H3,(H,35,36). The number of hydrogen-bond acceptors (Lipinski definition) is 6. The van der Waals surface area contributed by atoms with Crippen molar-refractivity contribution in [3.8, 4) is 5.82 Å². The zero-order chi connectivity index (χ0) is 27.4. The second kappa shape index (κ2) is 9.47. The minimum atomic E-state index is -0.217. The van der Waals surface area contributed by atoms with Gasteiger partial charge >= 0.3 is 0 Å². The predicted molar refractivity (Wildman–Crippen MR) is 162 cm³/mol. The molecule has 2 aliphatic heterocycles. The van der Waals surface area contributed by atoms with E-state index in [9.17, 15) is 0 Å². The van der Waals surface area contributed by atoms with Gasteiger partial charge in [-0.15, -0.1) is 0 Å². The fourth-order valence-electron chi connectivity index (χ4n) is 5.35. The van der Waals surface area contributed by atoms with Gasteiger partial charge in [-0.1, -0.05) is 48.0 Å². The number of fused-ring (bicyclic) bond motifs is 4. The predicted octanol–water partition coefficient (Wildman–Crippen LogP) is 7.64. The Bertz CT molecular complexity index is 1820. The maximum absolute atomic E-state index is 6.33. The Kier molecular flexibility index (Phi) is 5.75. The van der Waals surface area contributed by atoms with Crippen LogP contribution in [-0.4, -0.2) is 26.4 Å². The van der Waals surface area contributed by atoms with Crippen molar-refractivity contribution < 1.29 is 0 Å². The Labute approximate surface area is 237 Å². The summed E-state index contributed by atoms with van der Waals surface area (Å²) in [6.45, 7) is 6.25. The number of aryl methyl sites for hydroxylation is 3. The van der Waals surface area contributed by atoms with E-state index in [0.717, 1.165) is 39.7 Å². The number of nitrogens with one attached hydrogen (secondary N) is 1. The maximum Gasteiger partial charge on any atom is 0.179 e. The van der Waals surface area contributed by atoms with Crippen LogP contribution in [0.3, 0.4) is 0 Å². The molecule has 0 spiro atoms. The van der Waals surface area contributed by atoms with Crippen LogP contribution in [0, 0.1) is 20.8 Å². The zero-order valence-electron chi connectivity index (χ0n) is 22.3. The van der Waals surface area contributed by atoms with E-state index < -0.39 is 0 Å². The summed E-state index contributed by atoms with van der Waals surface area (Å²) in [7, 11) is 0. The van der Waals surface area contributed by atoms with Gasteiger partial charge in [-0.3, -0.25) is 0 Å². The van der Waals surface area contributed by atoms with Gasteiger partial charge in [0.2, 0.25) is 0 Å². The molecule has 0 saturated heterocycles. The number of aromatic nitrogens is 3. The summed E-state index contributed by atoms with van der Waals surface area (Å²) >= 11 is 6.33. The first kappa shape index (κ1) is 24.3. The summed E-state index contributed by atoms with van der Waals surface area (Å²) < 4.78 is 1.83. The smallest absolute Gasteiger partial charge is 0.179 e. The van der Waals surface area contributed by atoms with E-state index in [1.165, 1.54) is 11.1 Å². The van der Waals surface area contributed by atoms with Crippen molar-refractivity contribution in [1.29, 1.82) is 0 Å². The SMILES string of the molecule is Cc1ccc(NC2=Nc3ccccc3N3C2=Nc2c(c(C)nn2-c2ccccn2)C3c2ccc(Cl)cc2)cc1C. The number of benzene rings is 3. The van der Waals surface area contributed by atoms with Crippen LogP contribution in [0.2, 0.25) is 5.02 Å². The lowest BCUT2D eigenvalue weighted by molar-refractivity contribution is 0.810. The van der Waals surface area contributed by atoms with Gasteiger partial charge in [0.05, 0.1) is 23.1 Å². The fourth-order valence-corrected chi connectivity index (χ4v) is 5.48. The van der Waals surface area contributed by atoms with Crippen molar-refractivity contribution in [3.63, 3.8) is 0 Å². The average molecular weight is 544 g/mol. The van der Waals surface area contributed by atoms with Gasteiger partial charge in [-0.2, -0.15) is 9.78 Å². The Hall–Kier alpha value is -4.75. The van der Waals surface area contributed by atoms with E-state index in [2.05, 4.69) is 65.4 Å². The third-order valence-electron chi connectivity index (χ3n) is 7.46. The van der Waals surface area contributed by atoms with E-state index in [1.807, 2.05) is 60.1 Å². The Morgan fingerprint density at radius 3 is 2.40 bits per heavy atom. The Morgan fingerprint density at radius 1 is 0.825 bits per heavy atom. The summed E-state index contributed by atoms with van der Waals surface area (Å²) in [5.74, 6) is 2.81. The second-order valence-corrected chi connectivity index (χ2v) is 10.5. The van der Waals surface area contributed by atoms with E-state index >= 15 is 0 Å². The van der Waals surface area contributed by atoms with Crippen LogP contribution in [0.15, 0.2) is 101 Å². The first-order valence-electron chi connectivity index (χ1n) is 13.1. The summed E-state index contributed by atoms with van der Waals surface area (Å²) in [4.78, 5) is 17.2. The number of amidine groups is 2. The summed E-state index contributed by atoms with van der Waals surface area (Å²) in [5, 5.41) is 9.20. The number of nitrogens with zero attached hydrogens (tertiary/aromatic N) is 6. The van der Waals surface area contributed by atoms with Crippen LogP contribution in [-0.2, 0) is 0 Å². The maximum atomic E-state index is 6.33. The molecule has 5 aromatic rings. The van der Waals surface area contributed by atoms with Gasteiger partial charge in [0, 0.05) is 22.5 Å². The number of rotatable bonds is 3. The van der Waals surface area contributed by atoms with Crippen LogP contribution < -0.4 is 10.2 Å². The van der Waals surface area contributed by atoms with Gasteiger partial charge in [0.1, 0.15) is 0 Å². The van der Waals surface area contributed by atoms with Crippen molar-refractivity contribution in [2.75, 3.05) is 10.2 Å². The van der Waals surface area contributed by atoms with Crippen molar-refractivity contribution in [2.45, 2.75) is 26.8 Å². The minimum Gasteiger partial charge on any atom is -0.337 e. The molecule has 4 heterocycles. The molecule has 0 amide bonds. The zero-order valence-corrected chi connectivity index (χ0v) is 23.1. The van der Waals surface area contributed by atoms with E-state index in [1.54, 1.807) is 6.20 Å². The third-order valence-corrected chi connectivity index (χ3v) is 7.71. The average Bonchev–Trinajstić information content (AvgIpc) is 3.31. The van der Waals surface area contributed by atoms with Gasteiger partial charge in [0.15, 0.2) is 23.3 Å². The van der Waals surface area contributed by atoms with Crippen LogP contribution >= 0.6 is 11.6 Å². The van der Waals surface area contributed by atoms with Crippen LogP contribution in [0.1, 0.15) is 34.0 Å². The number of aliphatic imine (C=N–C) groups is 2. The molecule has 2 aromatic heterocycles. The lowest BCUT2D eigenvalue weighted by Gasteiger charge is -2.40. The number of hydrogen-bond donors (Lipinski definition) is 1. The molecule has 7 nitrogen and oxygen atoms in total. The van der Waals surface area contributed by atoms with Gasteiger partial charge < -0.3 is 10.2 Å². The van der Waals surface area contributed by atoms with Crippen molar-refractivity contribution in [2.24, 2.45) is 9.98 Å². The molecule has 3 aromatic carbocycles. The molecule has 0 bridgehead atoms. The molecular formula is C32H26ClN7. The molecule has 0 radical (unpaired) electrons. The summed E-state index contributed by atoms with van der Waals surface area (Å²) in [6, 6.07) is 28.1. The molecule has 8 heteroatoms. The molecule has 1 unspecified atom stereocenters. The van der Waals surface area contributed by atoms with Crippen molar-refractivity contribution in [3.05, 3.63) is 124 Å². The monoisotopic (exact) mass is 543 g/mol. The number of anilines is 2. The van der Waals surface area contributed by atoms with E-state index in [-0.39, 0.29) is 6.04 Å². The summed E-state index contributed by atoms with van der Waals surface area (Å²) in [5.41, 5.74) is 8.20. The number of pyridine rings is 1. The molecular weight excluding hydrogens is 518 g/mol. The molecule has 0 aliphatic carbocycles. The molecule has 0 fully saturated rings. The lowest BCUT2D eigenvalue weighted by atomic mass is 9.93. The van der Waals surface area contributed by atoms with Crippen molar-refractivity contribution in [1.82, 2.24) is 14.8 Å².